The van der Waals surface area contributed by atoms with Crippen molar-refractivity contribution in [2.75, 3.05) is 43.2 Å². The number of ether oxygens (including phenoxy) is 1. The molecule has 2 aliphatic heterocycles. The molecule has 2 fully saturated rings. The number of carbonyl (C=O) groups is 2. The van der Waals surface area contributed by atoms with E-state index < -0.39 is 0 Å². The molecule has 2 aliphatic rings. The second kappa shape index (κ2) is 7.89. The van der Waals surface area contributed by atoms with Crippen LogP contribution >= 0.6 is 11.3 Å². The summed E-state index contributed by atoms with van der Waals surface area (Å²) < 4.78 is 4.99. The van der Waals surface area contributed by atoms with Gasteiger partial charge in [0.25, 0.3) is 0 Å². The van der Waals surface area contributed by atoms with Crippen LogP contribution in [0.25, 0.3) is 0 Å². The Kier molecular flexibility index (Phi) is 5.62. The molecule has 0 spiro atoms. The van der Waals surface area contributed by atoms with Crippen LogP contribution in [-0.4, -0.2) is 61.4 Å². The summed E-state index contributed by atoms with van der Waals surface area (Å²) in [6.07, 6.45) is 4.01. The van der Waals surface area contributed by atoms with Gasteiger partial charge in [-0.2, -0.15) is 0 Å². The Labute approximate surface area is 145 Å². The summed E-state index contributed by atoms with van der Waals surface area (Å²) in [4.78, 5) is 27.9. The van der Waals surface area contributed by atoms with E-state index >= 15 is 0 Å². The number of nitrogens with zero attached hydrogens (tertiary/aromatic N) is 4. The van der Waals surface area contributed by atoms with Gasteiger partial charge in [-0.25, -0.2) is 0 Å². The van der Waals surface area contributed by atoms with E-state index in [0.29, 0.717) is 31.2 Å². The Morgan fingerprint density at radius 2 is 2.17 bits per heavy atom. The molecule has 0 bridgehead atoms. The standard InChI is InChI=1S/C15H23N5O3S/c1-23-10-4-7-16-13(22)11-5-2-8-19(11)14-17-18-15(24-14)20-9-3-6-12(20)21/h11H,2-10H2,1H3,(H,16,22)/t11-/m0/s1. The van der Waals surface area contributed by atoms with E-state index in [2.05, 4.69) is 15.5 Å². The smallest absolute Gasteiger partial charge is 0.242 e. The lowest BCUT2D eigenvalue weighted by molar-refractivity contribution is -0.122. The fourth-order valence-electron chi connectivity index (χ4n) is 3.10. The van der Waals surface area contributed by atoms with Crippen molar-refractivity contribution in [1.82, 2.24) is 15.5 Å². The highest BCUT2D eigenvalue weighted by atomic mass is 32.1. The highest BCUT2D eigenvalue weighted by molar-refractivity contribution is 7.19. The van der Waals surface area contributed by atoms with Crippen LogP contribution in [0.5, 0.6) is 0 Å². The van der Waals surface area contributed by atoms with Crippen LogP contribution in [0.3, 0.4) is 0 Å². The molecule has 1 N–H and O–H groups in total. The summed E-state index contributed by atoms with van der Waals surface area (Å²) in [6, 6.07) is -0.206. The van der Waals surface area contributed by atoms with E-state index in [-0.39, 0.29) is 17.9 Å². The Hall–Kier alpha value is -1.74. The van der Waals surface area contributed by atoms with Gasteiger partial charge in [-0.1, -0.05) is 11.3 Å². The minimum Gasteiger partial charge on any atom is -0.385 e. The Balaban J connectivity index is 1.62. The maximum atomic E-state index is 12.4. The molecule has 3 heterocycles. The topological polar surface area (TPSA) is 87.7 Å². The summed E-state index contributed by atoms with van der Waals surface area (Å²) in [5.41, 5.74) is 0. The monoisotopic (exact) mass is 353 g/mol. The molecule has 0 saturated carbocycles. The SMILES string of the molecule is COCCCNC(=O)[C@@H]1CCCN1c1nnc(N2CCCC2=O)s1. The van der Waals surface area contributed by atoms with Crippen molar-refractivity contribution < 1.29 is 14.3 Å². The van der Waals surface area contributed by atoms with E-state index in [1.165, 1.54) is 11.3 Å². The van der Waals surface area contributed by atoms with Gasteiger partial charge >= 0.3 is 0 Å². The van der Waals surface area contributed by atoms with Crippen molar-refractivity contribution in [3.05, 3.63) is 0 Å². The molecule has 24 heavy (non-hydrogen) atoms. The first kappa shape index (κ1) is 17.1. The summed E-state index contributed by atoms with van der Waals surface area (Å²) in [5.74, 6) is 0.129. The summed E-state index contributed by atoms with van der Waals surface area (Å²) in [7, 11) is 1.65. The van der Waals surface area contributed by atoms with Crippen molar-refractivity contribution in [3.63, 3.8) is 0 Å². The highest BCUT2D eigenvalue weighted by Crippen LogP contribution is 2.33. The lowest BCUT2D eigenvalue weighted by atomic mass is 10.2. The van der Waals surface area contributed by atoms with Crippen molar-refractivity contribution in [3.8, 4) is 0 Å². The third-order valence-electron chi connectivity index (χ3n) is 4.33. The summed E-state index contributed by atoms with van der Waals surface area (Å²) in [6.45, 7) is 2.74. The molecule has 0 radical (unpaired) electrons. The molecule has 2 saturated heterocycles. The number of aromatic nitrogens is 2. The minimum atomic E-state index is -0.206. The van der Waals surface area contributed by atoms with Gasteiger partial charge in [0.05, 0.1) is 0 Å². The molecule has 0 aliphatic carbocycles. The molecular formula is C15H23N5O3S. The predicted molar refractivity (Wildman–Crippen MR) is 91.4 cm³/mol. The molecule has 8 nitrogen and oxygen atoms in total. The molecule has 0 aromatic carbocycles. The van der Waals surface area contributed by atoms with Crippen LogP contribution in [0.15, 0.2) is 0 Å². The first-order valence-electron chi connectivity index (χ1n) is 8.38. The third kappa shape index (κ3) is 3.67. The molecule has 0 unspecified atom stereocenters. The Morgan fingerprint density at radius 1 is 1.33 bits per heavy atom. The van der Waals surface area contributed by atoms with Crippen molar-refractivity contribution in [2.45, 2.75) is 38.1 Å². The van der Waals surface area contributed by atoms with Gasteiger partial charge < -0.3 is 15.0 Å². The second-order valence-corrected chi connectivity index (χ2v) is 6.94. The lowest BCUT2D eigenvalue weighted by Gasteiger charge is -2.22. The zero-order chi connectivity index (χ0) is 16.9. The van der Waals surface area contributed by atoms with Crippen LogP contribution in [-0.2, 0) is 14.3 Å². The number of rotatable bonds is 7. The number of carbonyl (C=O) groups excluding carboxylic acids is 2. The lowest BCUT2D eigenvalue weighted by Crippen LogP contribution is -2.43. The van der Waals surface area contributed by atoms with Gasteiger partial charge in [0.2, 0.25) is 22.1 Å². The van der Waals surface area contributed by atoms with Gasteiger partial charge in [0, 0.05) is 39.8 Å². The number of nitrogens with one attached hydrogen (secondary N) is 1. The van der Waals surface area contributed by atoms with E-state index in [9.17, 15) is 9.59 Å². The van der Waals surface area contributed by atoms with Gasteiger partial charge in [-0.05, 0) is 25.7 Å². The van der Waals surface area contributed by atoms with Crippen molar-refractivity contribution in [1.29, 1.82) is 0 Å². The molecular weight excluding hydrogens is 330 g/mol. The first-order chi connectivity index (χ1) is 11.7. The molecule has 3 rings (SSSR count). The van der Waals surface area contributed by atoms with E-state index in [0.717, 1.165) is 37.4 Å². The zero-order valence-electron chi connectivity index (χ0n) is 13.9. The van der Waals surface area contributed by atoms with E-state index in [1.807, 2.05) is 4.90 Å². The normalized spacial score (nSPS) is 20.9. The van der Waals surface area contributed by atoms with Crippen LogP contribution < -0.4 is 15.1 Å². The van der Waals surface area contributed by atoms with Gasteiger partial charge in [-0.15, -0.1) is 10.2 Å². The van der Waals surface area contributed by atoms with Gasteiger partial charge in [0.15, 0.2) is 0 Å². The number of amides is 2. The van der Waals surface area contributed by atoms with Crippen molar-refractivity contribution in [2.24, 2.45) is 0 Å². The van der Waals surface area contributed by atoms with E-state index in [4.69, 9.17) is 4.74 Å². The Bertz CT molecular complexity index is 593. The summed E-state index contributed by atoms with van der Waals surface area (Å²) >= 11 is 1.39. The largest absolute Gasteiger partial charge is 0.385 e. The quantitative estimate of drug-likeness (QED) is 0.729. The van der Waals surface area contributed by atoms with Crippen molar-refractivity contribution >= 4 is 33.4 Å². The average molecular weight is 353 g/mol. The third-order valence-corrected chi connectivity index (χ3v) is 5.32. The second-order valence-electron chi connectivity index (χ2n) is 6.00. The van der Waals surface area contributed by atoms with E-state index in [1.54, 1.807) is 12.0 Å². The molecule has 1 aromatic heterocycles. The number of methoxy groups -OCH3 is 1. The molecule has 1 aromatic rings. The van der Waals surface area contributed by atoms with Crippen LogP contribution in [0, 0.1) is 0 Å². The zero-order valence-corrected chi connectivity index (χ0v) is 14.7. The minimum absolute atomic E-state index is 0.0256. The van der Waals surface area contributed by atoms with Crippen LogP contribution in [0.4, 0.5) is 10.3 Å². The number of hydrogen-bond donors (Lipinski definition) is 1. The number of hydrogen-bond acceptors (Lipinski definition) is 7. The first-order valence-corrected chi connectivity index (χ1v) is 9.19. The van der Waals surface area contributed by atoms with Crippen LogP contribution in [0.2, 0.25) is 0 Å². The average Bonchev–Trinajstić information content (AvgIpc) is 3.29. The fourth-order valence-corrected chi connectivity index (χ4v) is 4.06. The maximum Gasteiger partial charge on any atom is 0.242 e. The number of anilines is 2. The molecule has 132 valence electrons. The molecule has 9 heteroatoms. The van der Waals surface area contributed by atoms with Gasteiger partial charge in [-0.3, -0.25) is 14.5 Å². The molecule has 1 atom stereocenters. The summed E-state index contributed by atoms with van der Waals surface area (Å²) in [5, 5.41) is 12.7. The Morgan fingerprint density at radius 3 is 2.92 bits per heavy atom. The van der Waals surface area contributed by atoms with Gasteiger partial charge in [0.1, 0.15) is 6.04 Å². The predicted octanol–water partition coefficient (Wildman–Crippen LogP) is 0.786. The maximum absolute atomic E-state index is 12.4. The fraction of sp³-hybridized carbons (Fsp3) is 0.733. The van der Waals surface area contributed by atoms with Crippen LogP contribution in [0.1, 0.15) is 32.1 Å². The molecule has 2 amide bonds. The highest BCUT2D eigenvalue weighted by Gasteiger charge is 2.34.